The van der Waals surface area contributed by atoms with Crippen LogP contribution in [0.5, 0.6) is 0 Å². The molecule has 0 amide bonds. The third-order valence-electron chi connectivity index (χ3n) is 4.99. The van der Waals surface area contributed by atoms with E-state index in [9.17, 15) is 19.7 Å². The van der Waals surface area contributed by atoms with Crippen molar-refractivity contribution in [3.63, 3.8) is 0 Å². The lowest BCUT2D eigenvalue weighted by molar-refractivity contribution is -0.384. The number of hydrogen-bond acceptors (Lipinski definition) is 7. The van der Waals surface area contributed by atoms with Crippen molar-refractivity contribution in [1.29, 1.82) is 0 Å². The standard InChI is InChI=1S/C25H28N2O6/c1-6-8-9-10-14-32-24(28)21-17(4)26-18(5)22(25(29)33-16(3)7-2)23(21)19-12-11-13-20(15-19)27(30)31/h6-13,15-16,23,26H,2,14H2,1,3-5H3/b8-6+,10-9+. The first-order valence-electron chi connectivity index (χ1n) is 10.4. The predicted octanol–water partition coefficient (Wildman–Crippen LogP) is 4.62. The van der Waals surface area contributed by atoms with Crippen LogP contribution in [-0.2, 0) is 19.1 Å². The van der Waals surface area contributed by atoms with E-state index in [1.807, 2.05) is 13.0 Å². The highest BCUT2D eigenvalue weighted by Gasteiger charge is 2.38. The molecule has 1 heterocycles. The number of dihydropyridines is 1. The van der Waals surface area contributed by atoms with Gasteiger partial charge in [0.25, 0.3) is 5.69 Å². The maximum Gasteiger partial charge on any atom is 0.337 e. The summed E-state index contributed by atoms with van der Waals surface area (Å²) in [6, 6.07) is 5.84. The lowest BCUT2D eigenvalue weighted by Gasteiger charge is -2.30. The van der Waals surface area contributed by atoms with Gasteiger partial charge in [0, 0.05) is 23.5 Å². The Kier molecular flexibility index (Phi) is 8.91. The second-order valence-corrected chi connectivity index (χ2v) is 7.39. The number of nitrogens with zero attached hydrogens (tertiary/aromatic N) is 1. The molecule has 0 aliphatic carbocycles. The first-order chi connectivity index (χ1) is 15.7. The number of ether oxygens (including phenoxy) is 2. The monoisotopic (exact) mass is 452 g/mol. The number of hydrogen-bond donors (Lipinski definition) is 1. The van der Waals surface area contributed by atoms with Gasteiger partial charge >= 0.3 is 11.9 Å². The first-order valence-corrected chi connectivity index (χ1v) is 10.4. The summed E-state index contributed by atoms with van der Waals surface area (Å²) in [5.74, 6) is -2.21. The molecular weight excluding hydrogens is 424 g/mol. The van der Waals surface area contributed by atoms with E-state index in [0.717, 1.165) is 0 Å². The van der Waals surface area contributed by atoms with Gasteiger partial charge in [-0.25, -0.2) is 9.59 Å². The number of nitrogens with one attached hydrogen (secondary N) is 1. The number of carbonyl (C=O) groups is 2. The number of non-ortho nitro benzene ring substituents is 1. The van der Waals surface area contributed by atoms with Gasteiger partial charge in [0.05, 0.1) is 22.0 Å². The molecule has 1 aromatic carbocycles. The minimum Gasteiger partial charge on any atom is -0.458 e. The van der Waals surface area contributed by atoms with Crippen LogP contribution in [0.1, 0.15) is 39.2 Å². The van der Waals surface area contributed by atoms with Crippen LogP contribution in [0.4, 0.5) is 5.69 Å². The highest BCUT2D eigenvalue weighted by molar-refractivity contribution is 6.00. The number of nitro groups is 1. The normalized spacial score (nSPS) is 17.2. The fraction of sp³-hybridized carbons (Fsp3) is 0.280. The van der Waals surface area contributed by atoms with E-state index in [1.54, 1.807) is 45.1 Å². The largest absolute Gasteiger partial charge is 0.458 e. The van der Waals surface area contributed by atoms with E-state index >= 15 is 0 Å². The summed E-state index contributed by atoms with van der Waals surface area (Å²) in [6.45, 7) is 10.5. The van der Waals surface area contributed by atoms with Crippen molar-refractivity contribution in [3.8, 4) is 0 Å². The van der Waals surface area contributed by atoms with Crippen molar-refractivity contribution in [2.75, 3.05) is 6.61 Å². The van der Waals surface area contributed by atoms with Gasteiger partial charge in [0.2, 0.25) is 0 Å². The Bertz CT molecular complexity index is 1060. The Morgan fingerprint density at radius 1 is 1.21 bits per heavy atom. The van der Waals surface area contributed by atoms with E-state index < -0.39 is 28.9 Å². The Balaban J connectivity index is 2.56. The number of benzene rings is 1. The molecule has 1 aromatic rings. The number of carbonyl (C=O) groups excluding carboxylic acids is 2. The molecule has 1 N–H and O–H groups in total. The fourth-order valence-electron chi connectivity index (χ4n) is 3.41. The summed E-state index contributed by atoms with van der Waals surface area (Å²) < 4.78 is 10.9. The smallest absolute Gasteiger partial charge is 0.337 e. The zero-order chi connectivity index (χ0) is 24.5. The average molecular weight is 453 g/mol. The molecule has 0 bridgehead atoms. The van der Waals surface area contributed by atoms with E-state index in [1.165, 1.54) is 24.3 Å². The predicted molar refractivity (Wildman–Crippen MR) is 125 cm³/mol. The topological polar surface area (TPSA) is 108 Å². The molecule has 0 saturated heterocycles. The first kappa shape index (κ1) is 25.3. The zero-order valence-corrected chi connectivity index (χ0v) is 19.2. The minimum absolute atomic E-state index is 0.0254. The van der Waals surface area contributed by atoms with Gasteiger partial charge < -0.3 is 14.8 Å². The second kappa shape index (κ2) is 11.6. The van der Waals surface area contributed by atoms with Gasteiger partial charge in [0.15, 0.2) is 0 Å². The third kappa shape index (κ3) is 6.29. The van der Waals surface area contributed by atoms with Crippen LogP contribution in [0.15, 0.2) is 83.8 Å². The average Bonchev–Trinajstić information content (AvgIpc) is 2.78. The molecule has 2 atom stereocenters. The molecule has 0 spiro atoms. The zero-order valence-electron chi connectivity index (χ0n) is 19.2. The third-order valence-corrected chi connectivity index (χ3v) is 4.99. The molecule has 0 saturated carbocycles. The van der Waals surface area contributed by atoms with Gasteiger partial charge in [-0.2, -0.15) is 0 Å². The van der Waals surface area contributed by atoms with Crippen LogP contribution in [0.25, 0.3) is 0 Å². The molecule has 8 heteroatoms. The molecule has 0 radical (unpaired) electrons. The van der Waals surface area contributed by atoms with Crippen LogP contribution in [0.2, 0.25) is 0 Å². The van der Waals surface area contributed by atoms with Crippen LogP contribution in [0.3, 0.4) is 0 Å². The summed E-state index contributed by atoms with van der Waals surface area (Å²) >= 11 is 0. The maximum absolute atomic E-state index is 13.1. The van der Waals surface area contributed by atoms with Gasteiger partial charge in [-0.05, 0) is 39.3 Å². The van der Waals surface area contributed by atoms with E-state index in [4.69, 9.17) is 9.47 Å². The summed E-state index contributed by atoms with van der Waals surface area (Å²) in [7, 11) is 0. The molecular formula is C25H28N2O6. The van der Waals surface area contributed by atoms with Crippen molar-refractivity contribution < 1.29 is 24.0 Å². The second-order valence-electron chi connectivity index (χ2n) is 7.39. The SMILES string of the molecule is C=CC(C)OC(=O)C1=C(C)NC(C)=C(C(=O)OC/C=C/C=C/C)C1c1cccc([N+](=O)[O-])c1. The molecule has 0 aromatic heterocycles. The number of nitro benzene ring substituents is 1. The number of allylic oxidation sites excluding steroid dienone is 5. The molecule has 0 fully saturated rings. The quantitative estimate of drug-likeness (QED) is 0.191. The molecule has 2 rings (SSSR count). The lowest BCUT2D eigenvalue weighted by Crippen LogP contribution is -2.33. The van der Waals surface area contributed by atoms with E-state index in [-0.39, 0.29) is 23.4 Å². The number of rotatable bonds is 9. The lowest BCUT2D eigenvalue weighted by atomic mass is 9.80. The minimum atomic E-state index is -0.914. The van der Waals surface area contributed by atoms with Crippen molar-refractivity contribution >= 4 is 17.6 Å². The van der Waals surface area contributed by atoms with Crippen LogP contribution < -0.4 is 5.32 Å². The molecule has 174 valence electrons. The molecule has 33 heavy (non-hydrogen) atoms. The summed E-state index contributed by atoms with van der Waals surface area (Å²) in [6.07, 6.45) is 7.96. The summed E-state index contributed by atoms with van der Waals surface area (Å²) in [5.41, 5.74) is 1.56. The highest BCUT2D eigenvalue weighted by Crippen LogP contribution is 2.40. The summed E-state index contributed by atoms with van der Waals surface area (Å²) in [4.78, 5) is 37.0. The Hall–Kier alpha value is -3.94. The molecule has 8 nitrogen and oxygen atoms in total. The van der Waals surface area contributed by atoms with Crippen molar-refractivity contribution in [3.05, 3.63) is 99.4 Å². The molecule has 1 aliphatic rings. The maximum atomic E-state index is 13.1. The Labute approximate surface area is 193 Å². The van der Waals surface area contributed by atoms with Crippen LogP contribution >= 0.6 is 0 Å². The molecule has 2 unspecified atom stereocenters. The fourth-order valence-corrected chi connectivity index (χ4v) is 3.41. The van der Waals surface area contributed by atoms with E-state index in [0.29, 0.717) is 17.0 Å². The van der Waals surface area contributed by atoms with Gasteiger partial charge in [-0.3, -0.25) is 10.1 Å². The van der Waals surface area contributed by atoms with Gasteiger partial charge in [0.1, 0.15) is 12.7 Å². The highest BCUT2D eigenvalue weighted by atomic mass is 16.6. The Morgan fingerprint density at radius 2 is 1.88 bits per heavy atom. The van der Waals surface area contributed by atoms with Crippen LogP contribution in [-0.4, -0.2) is 29.6 Å². The van der Waals surface area contributed by atoms with Crippen molar-refractivity contribution in [2.45, 2.75) is 39.7 Å². The van der Waals surface area contributed by atoms with Gasteiger partial charge in [-0.15, -0.1) is 0 Å². The summed E-state index contributed by atoms with van der Waals surface area (Å²) in [5, 5.41) is 14.4. The van der Waals surface area contributed by atoms with Crippen molar-refractivity contribution in [2.24, 2.45) is 0 Å². The van der Waals surface area contributed by atoms with Crippen LogP contribution in [0, 0.1) is 10.1 Å². The Morgan fingerprint density at radius 3 is 2.48 bits per heavy atom. The number of esters is 2. The van der Waals surface area contributed by atoms with E-state index in [2.05, 4.69) is 11.9 Å². The van der Waals surface area contributed by atoms with Crippen molar-refractivity contribution in [1.82, 2.24) is 5.32 Å². The molecule has 1 aliphatic heterocycles. The van der Waals surface area contributed by atoms with Gasteiger partial charge in [-0.1, -0.05) is 43.0 Å².